The highest BCUT2D eigenvalue weighted by Crippen LogP contribution is 2.28. The molecule has 118 valence electrons. The van der Waals surface area contributed by atoms with Gasteiger partial charge in [0.2, 0.25) is 0 Å². The van der Waals surface area contributed by atoms with Gasteiger partial charge in [-0.25, -0.2) is 9.48 Å². The molecule has 0 aliphatic heterocycles. The molecule has 24 heavy (non-hydrogen) atoms. The van der Waals surface area contributed by atoms with Crippen LogP contribution in [0.4, 0.5) is 0 Å². The molecule has 0 spiro atoms. The van der Waals surface area contributed by atoms with Crippen molar-refractivity contribution in [3.63, 3.8) is 0 Å². The number of aryl methyl sites for hydroxylation is 1. The molecule has 0 saturated heterocycles. The summed E-state index contributed by atoms with van der Waals surface area (Å²) in [4.78, 5) is 11.3. The average Bonchev–Trinajstić information content (AvgIpc) is 3.20. The van der Waals surface area contributed by atoms with Gasteiger partial charge in [0.05, 0.1) is 11.9 Å². The van der Waals surface area contributed by atoms with E-state index in [4.69, 9.17) is 4.42 Å². The summed E-state index contributed by atoms with van der Waals surface area (Å²) in [6, 6.07) is 13.5. The number of carbonyl (C=O) groups is 1. The second-order valence-electron chi connectivity index (χ2n) is 5.67. The minimum atomic E-state index is -0.990. The van der Waals surface area contributed by atoms with Gasteiger partial charge in [-0.3, -0.25) is 0 Å². The van der Waals surface area contributed by atoms with Crippen LogP contribution in [0.5, 0.6) is 0 Å². The molecular formula is C19H14N2O3. The first-order valence-electron chi connectivity index (χ1n) is 7.48. The molecule has 0 radical (unpaired) electrons. The molecule has 2 heterocycles. The molecule has 4 rings (SSSR count). The molecule has 5 nitrogen and oxygen atoms in total. The zero-order valence-electron chi connectivity index (χ0n) is 12.9. The van der Waals surface area contributed by atoms with Crippen LogP contribution < -0.4 is 0 Å². The summed E-state index contributed by atoms with van der Waals surface area (Å²) in [7, 11) is 0. The van der Waals surface area contributed by atoms with E-state index in [1.807, 2.05) is 60.4 Å². The summed E-state index contributed by atoms with van der Waals surface area (Å²) in [6.45, 7) is 2.00. The van der Waals surface area contributed by atoms with Gasteiger partial charge in [-0.15, -0.1) is 0 Å². The maximum atomic E-state index is 11.3. The number of furan rings is 1. The monoisotopic (exact) mass is 318 g/mol. The van der Waals surface area contributed by atoms with E-state index < -0.39 is 5.97 Å². The second kappa shape index (κ2) is 5.38. The Kier molecular flexibility index (Phi) is 3.20. The SMILES string of the molecule is Cc1cnn(-c2ccc(-c3ccc4occ(C(=O)O)c4c3)cc2)c1. The van der Waals surface area contributed by atoms with Gasteiger partial charge in [0.15, 0.2) is 0 Å². The van der Waals surface area contributed by atoms with E-state index in [1.165, 1.54) is 6.26 Å². The Bertz CT molecular complexity index is 1040. The number of rotatable bonds is 3. The third-order valence-electron chi connectivity index (χ3n) is 3.98. The highest BCUT2D eigenvalue weighted by atomic mass is 16.4. The van der Waals surface area contributed by atoms with E-state index in [-0.39, 0.29) is 5.56 Å². The first-order valence-corrected chi connectivity index (χ1v) is 7.48. The Labute approximate surface area is 137 Å². The number of hydrogen-bond donors (Lipinski definition) is 1. The lowest BCUT2D eigenvalue weighted by molar-refractivity contribution is 0.0698. The lowest BCUT2D eigenvalue weighted by Gasteiger charge is -2.05. The fourth-order valence-corrected chi connectivity index (χ4v) is 2.73. The molecule has 0 aliphatic rings. The molecule has 0 fully saturated rings. The summed E-state index contributed by atoms with van der Waals surface area (Å²) in [5.74, 6) is -0.990. The van der Waals surface area contributed by atoms with E-state index in [0.717, 1.165) is 22.4 Å². The minimum Gasteiger partial charge on any atom is -0.478 e. The number of carboxylic acid groups (broad SMARTS) is 1. The molecule has 0 bridgehead atoms. The number of aromatic nitrogens is 2. The number of nitrogens with zero attached hydrogens (tertiary/aromatic N) is 2. The molecule has 5 heteroatoms. The van der Waals surface area contributed by atoms with E-state index in [2.05, 4.69) is 5.10 Å². The van der Waals surface area contributed by atoms with Gasteiger partial charge in [-0.1, -0.05) is 18.2 Å². The van der Waals surface area contributed by atoms with E-state index >= 15 is 0 Å². The van der Waals surface area contributed by atoms with Crippen LogP contribution in [0.2, 0.25) is 0 Å². The summed E-state index contributed by atoms with van der Waals surface area (Å²) in [5, 5.41) is 14.1. The Balaban J connectivity index is 1.74. The van der Waals surface area contributed by atoms with Crippen LogP contribution in [0.25, 0.3) is 27.8 Å². The zero-order valence-corrected chi connectivity index (χ0v) is 12.9. The van der Waals surface area contributed by atoms with Crippen LogP contribution >= 0.6 is 0 Å². The highest BCUT2D eigenvalue weighted by molar-refractivity contribution is 6.03. The molecule has 1 N–H and O–H groups in total. The highest BCUT2D eigenvalue weighted by Gasteiger charge is 2.13. The molecule has 0 aliphatic carbocycles. The van der Waals surface area contributed by atoms with E-state index in [1.54, 1.807) is 6.07 Å². The number of carboxylic acids is 1. The van der Waals surface area contributed by atoms with E-state index in [9.17, 15) is 9.90 Å². The van der Waals surface area contributed by atoms with Gasteiger partial charge in [0.25, 0.3) is 0 Å². The van der Waals surface area contributed by atoms with Crippen LogP contribution in [0.15, 0.2) is 65.5 Å². The van der Waals surface area contributed by atoms with Crippen molar-refractivity contribution in [1.82, 2.24) is 9.78 Å². The Hall–Kier alpha value is -3.34. The van der Waals surface area contributed by atoms with Gasteiger partial charge in [0, 0.05) is 11.6 Å². The van der Waals surface area contributed by atoms with Crippen LogP contribution in [0, 0.1) is 6.92 Å². The minimum absolute atomic E-state index is 0.176. The fourth-order valence-electron chi connectivity index (χ4n) is 2.73. The Morgan fingerprint density at radius 1 is 1.12 bits per heavy atom. The van der Waals surface area contributed by atoms with Crippen LogP contribution in [-0.2, 0) is 0 Å². The topological polar surface area (TPSA) is 68.3 Å². The maximum Gasteiger partial charge on any atom is 0.339 e. The van der Waals surface area contributed by atoms with Gasteiger partial charge in [-0.05, 0) is 47.9 Å². The summed E-state index contributed by atoms with van der Waals surface area (Å²) in [5.41, 5.74) is 4.76. The molecule has 0 atom stereocenters. The fraction of sp³-hybridized carbons (Fsp3) is 0.0526. The van der Waals surface area contributed by atoms with E-state index in [0.29, 0.717) is 11.0 Å². The first-order chi connectivity index (χ1) is 11.6. The largest absolute Gasteiger partial charge is 0.478 e. The molecular weight excluding hydrogens is 304 g/mol. The number of aromatic carboxylic acids is 1. The van der Waals surface area contributed by atoms with Gasteiger partial charge in [0.1, 0.15) is 17.4 Å². The molecule has 2 aromatic heterocycles. The van der Waals surface area contributed by atoms with Crippen molar-refractivity contribution >= 4 is 16.9 Å². The molecule has 0 amide bonds. The van der Waals surface area contributed by atoms with Gasteiger partial charge < -0.3 is 9.52 Å². The molecule has 0 unspecified atom stereocenters. The lowest BCUT2D eigenvalue weighted by Crippen LogP contribution is -1.94. The normalized spacial score (nSPS) is 11.0. The summed E-state index contributed by atoms with van der Waals surface area (Å²) >= 11 is 0. The number of benzene rings is 2. The first kappa shape index (κ1) is 14.3. The predicted molar refractivity (Wildman–Crippen MR) is 90.5 cm³/mol. The molecule has 2 aromatic carbocycles. The van der Waals surface area contributed by atoms with Crippen molar-refractivity contribution in [1.29, 1.82) is 0 Å². The average molecular weight is 318 g/mol. The van der Waals surface area contributed by atoms with Crippen molar-refractivity contribution in [2.24, 2.45) is 0 Å². The number of fused-ring (bicyclic) bond motifs is 1. The third kappa shape index (κ3) is 2.36. The van der Waals surface area contributed by atoms with Crippen LogP contribution in [0.3, 0.4) is 0 Å². The van der Waals surface area contributed by atoms with Crippen molar-refractivity contribution < 1.29 is 14.3 Å². The van der Waals surface area contributed by atoms with Crippen molar-refractivity contribution in [2.75, 3.05) is 0 Å². The Morgan fingerprint density at radius 3 is 2.54 bits per heavy atom. The van der Waals surface area contributed by atoms with Crippen LogP contribution in [-0.4, -0.2) is 20.9 Å². The van der Waals surface area contributed by atoms with Gasteiger partial charge >= 0.3 is 5.97 Å². The molecule has 4 aromatic rings. The van der Waals surface area contributed by atoms with Crippen molar-refractivity contribution in [2.45, 2.75) is 6.92 Å². The van der Waals surface area contributed by atoms with Crippen molar-refractivity contribution in [3.8, 4) is 16.8 Å². The maximum absolute atomic E-state index is 11.3. The van der Waals surface area contributed by atoms with Crippen molar-refractivity contribution in [3.05, 3.63) is 72.2 Å². The predicted octanol–water partition coefficient (Wildman–Crippen LogP) is 4.29. The standard InChI is InChI=1S/C19H14N2O3/c1-12-9-20-21(10-12)15-5-2-13(3-6-15)14-4-7-18-16(8-14)17(11-24-18)19(22)23/h2-11H,1H3,(H,22,23). The van der Waals surface area contributed by atoms with Crippen LogP contribution in [0.1, 0.15) is 15.9 Å². The number of hydrogen-bond acceptors (Lipinski definition) is 3. The quantitative estimate of drug-likeness (QED) is 0.612. The summed E-state index contributed by atoms with van der Waals surface area (Å²) in [6.07, 6.45) is 5.06. The molecule has 0 saturated carbocycles. The summed E-state index contributed by atoms with van der Waals surface area (Å²) < 4.78 is 7.11. The lowest BCUT2D eigenvalue weighted by atomic mass is 10.0. The zero-order chi connectivity index (χ0) is 16.7. The second-order valence-corrected chi connectivity index (χ2v) is 5.67. The Morgan fingerprint density at radius 2 is 1.88 bits per heavy atom. The third-order valence-corrected chi connectivity index (χ3v) is 3.98. The smallest absolute Gasteiger partial charge is 0.339 e. The van der Waals surface area contributed by atoms with Gasteiger partial charge in [-0.2, -0.15) is 5.10 Å².